The van der Waals surface area contributed by atoms with Crippen molar-refractivity contribution >= 4 is 68.4 Å². The van der Waals surface area contributed by atoms with Gasteiger partial charge in [-0.05, 0) is 58.0 Å². The number of carbonyl (C=O) groups is 2. The molecule has 1 fully saturated rings. The summed E-state index contributed by atoms with van der Waals surface area (Å²) in [6.45, 7) is 0. The van der Waals surface area contributed by atoms with E-state index in [9.17, 15) is 19.1 Å². The van der Waals surface area contributed by atoms with E-state index in [1.807, 2.05) is 0 Å². The van der Waals surface area contributed by atoms with Crippen LogP contribution in [0.2, 0.25) is 5.02 Å². The van der Waals surface area contributed by atoms with Crippen LogP contribution in [0.3, 0.4) is 0 Å². The van der Waals surface area contributed by atoms with Gasteiger partial charge in [0.05, 0.1) is 12.8 Å². The Balaban J connectivity index is 2.13. The second kappa shape index (κ2) is 7.86. The number of aromatic hydroxyl groups is 1. The van der Waals surface area contributed by atoms with Gasteiger partial charge in [-0.15, -0.1) is 0 Å². The largest absolute Gasteiger partial charge is 0.503 e. The molecule has 1 aliphatic heterocycles. The van der Waals surface area contributed by atoms with Gasteiger partial charge in [0.15, 0.2) is 16.6 Å². The normalized spacial score (nSPS) is 15.8. The number of anilines is 1. The van der Waals surface area contributed by atoms with Crippen molar-refractivity contribution in [2.45, 2.75) is 0 Å². The molecule has 0 radical (unpaired) electrons. The number of rotatable bonds is 3. The Kier molecular flexibility index (Phi) is 5.69. The third kappa shape index (κ3) is 3.48. The monoisotopic (exact) mass is 484 g/mol. The average Bonchev–Trinajstić information content (AvgIpc) is 2.66. The van der Waals surface area contributed by atoms with Gasteiger partial charge in [-0.3, -0.25) is 14.9 Å². The smallest absolute Gasteiger partial charge is 0.270 e. The highest BCUT2D eigenvalue weighted by Gasteiger charge is 2.36. The molecule has 6 nitrogen and oxygen atoms in total. The zero-order valence-electron chi connectivity index (χ0n) is 14.1. The summed E-state index contributed by atoms with van der Waals surface area (Å²) in [5.74, 6) is -2.49. The van der Waals surface area contributed by atoms with Crippen LogP contribution in [0, 0.1) is 5.82 Å². The quantitative estimate of drug-likeness (QED) is 0.393. The van der Waals surface area contributed by atoms with E-state index in [1.54, 1.807) is 0 Å². The highest BCUT2D eigenvalue weighted by molar-refractivity contribution is 9.10. The number of carbonyl (C=O) groups excluding carboxylic acids is 2. The maximum Gasteiger partial charge on any atom is 0.270 e. The molecule has 28 heavy (non-hydrogen) atoms. The van der Waals surface area contributed by atoms with Gasteiger partial charge in [-0.2, -0.15) is 0 Å². The predicted molar refractivity (Wildman–Crippen MR) is 110 cm³/mol. The first-order valence-corrected chi connectivity index (χ1v) is 9.25. The molecule has 0 spiro atoms. The first-order chi connectivity index (χ1) is 13.3. The number of benzene rings is 2. The second-order valence-electron chi connectivity index (χ2n) is 5.55. The van der Waals surface area contributed by atoms with Gasteiger partial charge in [-0.1, -0.05) is 23.7 Å². The molecule has 1 heterocycles. The fourth-order valence-electron chi connectivity index (χ4n) is 2.54. The van der Waals surface area contributed by atoms with Crippen LogP contribution in [-0.4, -0.2) is 29.1 Å². The van der Waals surface area contributed by atoms with E-state index < -0.39 is 17.6 Å². The van der Waals surface area contributed by atoms with Gasteiger partial charge < -0.3 is 9.84 Å². The molecule has 1 aliphatic rings. The van der Waals surface area contributed by atoms with Crippen LogP contribution in [0.5, 0.6) is 11.5 Å². The molecule has 0 unspecified atom stereocenters. The summed E-state index contributed by atoms with van der Waals surface area (Å²) >= 11 is 14.3. The molecule has 0 aromatic heterocycles. The topological polar surface area (TPSA) is 78.9 Å². The highest BCUT2D eigenvalue weighted by Crippen LogP contribution is 2.42. The Morgan fingerprint density at radius 3 is 2.68 bits per heavy atom. The van der Waals surface area contributed by atoms with Crippen molar-refractivity contribution in [3.63, 3.8) is 0 Å². The van der Waals surface area contributed by atoms with Crippen LogP contribution in [0.15, 0.2) is 40.4 Å². The van der Waals surface area contributed by atoms with Crippen LogP contribution in [0.1, 0.15) is 5.56 Å². The summed E-state index contributed by atoms with van der Waals surface area (Å²) in [5, 5.41) is 12.0. The van der Waals surface area contributed by atoms with Crippen LogP contribution in [0.25, 0.3) is 6.08 Å². The number of methoxy groups -OCH3 is 1. The van der Waals surface area contributed by atoms with E-state index in [2.05, 4.69) is 21.2 Å². The Morgan fingerprint density at radius 2 is 2.04 bits per heavy atom. The summed E-state index contributed by atoms with van der Waals surface area (Å²) in [6, 6.07) is 6.93. The van der Waals surface area contributed by atoms with Crippen molar-refractivity contribution in [3.05, 3.63) is 56.8 Å². The maximum absolute atomic E-state index is 14.2. The third-order valence-electron chi connectivity index (χ3n) is 3.89. The zero-order chi connectivity index (χ0) is 20.6. The van der Waals surface area contributed by atoms with Gasteiger partial charge in [0.25, 0.3) is 11.8 Å². The Hall–Kier alpha value is -2.49. The van der Waals surface area contributed by atoms with E-state index in [0.29, 0.717) is 5.56 Å². The number of phenols is 1. The number of hydrogen-bond donors (Lipinski definition) is 2. The summed E-state index contributed by atoms with van der Waals surface area (Å²) in [4.78, 5) is 26.2. The summed E-state index contributed by atoms with van der Waals surface area (Å²) < 4.78 is 19.5. The Labute approximate surface area is 177 Å². The molecule has 3 rings (SSSR count). The number of phenolic OH excluding ortho intramolecular Hbond substituents is 1. The lowest BCUT2D eigenvalue weighted by Gasteiger charge is -2.29. The first-order valence-electron chi connectivity index (χ1n) is 7.67. The van der Waals surface area contributed by atoms with Gasteiger partial charge in [-0.25, -0.2) is 9.29 Å². The average molecular weight is 486 g/mol. The van der Waals surface area contributed by atoms with Crippen LogP contribution < -0.4 is 15.0 Å². The van der Waals surface area contributed by atoms with Gasteiger partial charge in [0.1, 0.15) is 16.4 Å². The van der Waals surface area contributed by atoms with E-state index in [-0.39, 0.29) is 37.4 Å². The number of amides is 2. The molecule has 2 aromatic rings. The molecule has 0 bridgehead atoms. The van der Waals surface area contributed by atoms with Gasteiger partial charge in [0, 0.05) is 4.47 Å². The molecule has 2 amide bonds. The van der Waals surface area contributed by atoms with Crippen molar-refractivity contribution < 1.29 is 23.8 Å². The zero-order valence-corrected chi connectivity index (χ0v) is 17.3. The minimum atomic E-state index is -0.811. The highest BCUT2D eigenvalue weighted by atomic mass is 79.9. The Bertz CT molecular complexity index is 1060. The van der Waals surface area contributed by atoms with Crippen molar-refractivity contribution in [2.24, 2.45) is 0 Å². The van der Waals surface area contributed by atoms with Crippen molar-refractivity contribution in [2.75, 3.05) is 12.0 Å². The van der Waals surface area contributed by atoms with Gasteiger partial charge >= 0.3 is 0 Å². The molecule has 10 heteroatoms. The Morgan fingerprint density at radius 1 is 1.36 bits per heavy atom. The van der Waals surface area contributed by atoms with Crippen molar-refractivity contribution in [3.8, 4) is 11.5 Å². The van der Waals surface area contributed by atoms with Crippen LogP contribution in [0.4, 0.5) is 10.1 Å². The molecular weight excluding hydrogens is 475 g/mol. The summed E-state index contributed by atoms with van der Waals surface area (Å²) in [7, 11) is 1.33. The lowest BCUT2D eigenvalue weighted by atomic mass is 10.1. The maximum atomic E-state index is 14.2. The number of halogens is 3. The van der Waals surface area contributed by atoms with E-state index in [1.165, 1.54) is 43.5 Å². The summed E-state index contributed by atoms with van der Waals surface area (Å²) in [5.41, 5.74) is -0.107. The fourth-order valence-corrected chi connectivity index (χ4v) is 3.43. The number of ether oxygens (including phenoxy) is 1. The second-order valence-corrected chi connectivity index (χ2v) is 7.11. The molecule has 0 aliphatic carbocycles. The molecule has 2 N–H and O–H groups in total. The fraction of sp³-hybridized carbons (Fsp3) is 0.0556. The number of para-hydroxylation sites is 1. The minimum absolute atomic E-state index is 0.0465. The third-order valence-corrected chi connectivity index (χ3v) is 5.62. The number of nitrogens with one attached hydrogen (secondary N) is 1. The van der Waals surface area contributed by atoms with Crippen LogP contribution >= 0.6 is 39.7 Å². The first kappa shape index (κ1) is 20.2. The van der Waals surface area contributed by atoms with Crippen LogP contribution in [-0.2, 0) is 9.59 Å². The SMILES string of the molecule is COc1cc(/C=C2\C(=O)NC(=S)N(c3ccccc3F)C2=O)c(Br)c(Cl)c1O. The summed E-state index contributed by atoms with van der Waals surface area (Å²) in [6.07, 6.45) is 1.24. The molecule has 1 saturated heterocycles. The molecule has 0 atom stereocenters. The minimum Gasteiger partial charge on any atom is -0.503 e. The molecule has 0 saturated carbocycles. The lowest BCUT2D eigenvalue weighted by molar-refractivity contribution is -0.122. The van der Waals surface area contributed by atoms with Crippen molar-refractivity contribution in [1.82, 2.24) is 5.32 Å². The number of nitrogens with zero attached hydrogens (tertiary/aromatic N) is 1. The predicted octanol–water partition coefficient (Wildman–Crippen LogP) is 3.79. The molecular formula is C18H11BrClFN2O4S. The van der Waals surface area contributed by atoms with E-state index in [0.717, 1.165) is 4.90 Å². The van der Waals surface area contributed by atoms with Crippen molar-refractivity contribution in [1.29, 1.82) is 0 Å². The molecule has 2 aromatic carbocycles. The lowest BCUT2D eigenvalue weighted by Crippen LogP contribution is -2.54. The van der Waals surface area contributed by atoms with Gasteiger partial charge in [0.2, 0.25) is 0 Å². The van der Waals surface area contributed by atoms with E-state index in [4.69, 9.17) is 28.6 Å². The molecule has 144 valence electrons. The number of thiocarbonyl (C=S) groups is 1. The standard InChI is InChI=1S/C18H11BrClFN2O4S/c1-27-12-7-8(13(19)14(20)15(12)24)6-9-16(25)22-18(28)23(17(9)26)11-5-3-2-4-10(11)21/h2-7,24H,1H3,(H,22,25,28)/b9-6+. The number of hydrogen-bond acceptors (Lipinski definition) is 5. The van der Waals surface area contributed by atoms with E-state index >= 15 is 0 Å².